The maximum absolute atomic E-state index is 13.1. The molecule has 37 heavy (non-hydrogen) atoms. The van der Waals surface area contributed by atoms with Gasteiger partial charge in [-0.15, -0.1) is 0 Å². The summed E-state index contributed by atoms with van der Waals surface area (Å²) in [6.45, 7) is 3.38. The summed E-state index contributed by atoms with van der Waals surface area (Å²) in [7, 11) is 1.38. The van der Waals surface area contributed by atoms with Gasteiger partial charge in [0.05, 0.1) is 18.7 Å². The van der Waals surface area contributed by atoms with E-state index in [1.165, 1.54) is 49.9 Å². The molecule has 3 N–H and O–H groups in total. The number of oxime groups is 1. The van der Waals surface area contributed by atoms with E-state index in [0.29, 0.717) is 11.1 Å². The Labute approximate surface area is 215 Å². The lowest BCUT2D eigenvalue weighted by Gasteiger charge is -2.18. The molecule has 10 heteroatoms. The Bertz CT molecular complexity index is 1100. The van der Waals surface area contributed by atoms with Gasteiger partial charge in [-0.25, -0.2) is 4.79 Å². The lowest BCUT2D eigenvalue weighted by Crippen LogP contribution is -2.25. The molecule has 1 aromatic carbocycles. The number of aromatic hydroxyl groups is 1. The van der Waals surface area contributed by atoms with Gasteiger partial charge < -0.3 is 29.8 Å². The number of amides is 1. The van der Waals surface area contributed by atoms with Crippen LogP contribution in [0, 0.1) is 0 Å². The van der Waals surface area contributed by atoms with Crippen molar-refractivity contribution in [3.05, 3.63) is 77.6 Å². The Kier molecular flexibility index (Phi) is 11.8. The summed E-state index contributed by atoms with van der Waals surface area (Å²) >= 11 is 0. The fourth-order valence-corrected chi connectivity index (χ4v) is 3.30. The van der Waals surface area contributed by atoms with Crippen LogP contribution in [0.3, 0.4) is 0 Å². The highest BCUT2D eigenvalue weighted by molar-refractivity contribution is 5.94. The molecule has 0 spiro atoms. The molecule has 0 fully saturated rings. The second-order valence-corrected chi connectivity index (χ2v) is 8.16. The van der Waals surface area contributed by atoms with Crippen molar-refractivity contribution in [1.29, 1.82) is 0 Å². The minimum absolute atomic E-state index is 0.0293. The zero-order valence-electron chi connectivity index (χ0n) is 21.0. The van der Waals surface area contributed by atoms with E-state index in [0.717, 1.165) is 0 Å². The number of rotatable bonds is 6. The Balaban J connectivity index is 2.25. The Morgan fingerprint density at radius 3 is 2.81 bits per heavy atom. The summed E-state index contributed by atoms with van der Waals surface area (Å²) < 4.78 is 10.9. The van der Waals surface area contributed by atoms with Gasteiger partial charge in [0.2, 0.25) is 5.91 Å². The first-order valence-electron chi connectivity index (χ1n) is 11.6. The Hall–Kier alpha value is -4.18. The molecule has 1 aliphatic heterocycles. The number of phenols is 1. The van der Waals surface area contributed by atoms with E-state index in [2.05, 4.69) is 15.3 Å². The number of cyclic esters (lactones) is 2. The van der Waals surface area contributed by atoms with Gasteiger partial charge in [-0.2, -0.15) is 0 Å². The van der Waals surface area contributed by atoms with E-state index < -0.39 is 36.2 Å². The first-order chi connectivity index (χ1) is 17.7. The Morgan fingerprint density at radius 2 is 2.05 bits per heavy atom. The minimum Gasteiger partial charge on any atom is -0.507 e. The topological polar surface area (TPSA) is 144 Å². The van der Waals surface area contributed by atoms with Gasteiger partial charge in [0.1, 0.15) is 30.6 Å². The van der Waals surface area contributed by atoms with Crippen molar-refractivity contribution in [3.8, 4) is 5.75 Å². The average molecular weight is 513 g/mol. The number of aliphatic hydroxyl groups excluding tert-OH is 1. The molecule has 0 bridgehead atoms. The summed E-state index contributed by atoms with van der Waals surface area (Å²) in [5.74, 6) is -2.12. The van der Waals surface area contributed by atoms with Crippen LogP contribution in [0.1, 0.15) is 42.6 Å². The number of allylic oxidation sites excluding steroid dienone is 2. The van der Waals surface area contributed by atoms with Gasteiger partial charge in [0, 0.05) is 18.7 Å². The molecular weight excluding hydrogens is 480 g/mol. The summed E-state index contributed by atoms with van der Waals surface area (Å²) in [6.07, 6.45) is 9.26. The maximum Gasteiger partial charge on any atom is 0.342 e. The van der Waals surface area contributed by atoms with Gasteiger partial charge in [0.25, 0.3) is 0 Å². The van der Waals surface area contributed by atoms with Crippen LogP contribution in [-0.2, 0) is 30.3 Å². The number of aliphatic hydroxyl groups is 1. The lowest BCUT2D eigenvalue weighted by molar-refractivity contribution is -0.148. The largest absolute Gasteiger partial charge is 0.507 e. The summed E-state index contributed by atoms with van der Waals surface area (Å²) in [5.41, 5.74) is 1.09. The highest BCUT2D eigenvalue weighted by atomic mass is 16.6. The molecule has 1 amide bonds. The highest BCUT2D eigenvalue weighted by Gasteiger charge is 2.24. The van der Waals surface area contributed by atoms with Gasteiger partial charge in [0.15, 0.2) is 0 Å². The minimum atomic E-state index is -0.936. The van der Waals surface area contributed by atoms with Crippen LogP contribution >= 0.6 is 0 Å². The standard InChI is InChI=1S/C27H32N2O8/c1-18-11-13-20-7-4-9-23(31)26(20)27(34)37-21(17-25(33)36-19(2)12-14-22(18)30)8-5-15-28-24(32)10-6-16-29-35-3/h4-7,9-12,14-16,19,21-22,30-31H,8,13,17H2,1-3H3,(H,28,32)/t19-,21+,22+/m0/s1. The van der Waals surface area contributed by atoms with Crippen LogP contribution in [0.15, 0.2) is 71.6 Å². The molecule has 0 aliphatic carbocycles. The predicted molar refractivity (Wildman–Crippen MR) is 137 cm³/mol. The number of esters is 2. The highest BCUT2D eigenvalue weighted by Crippen LogP contribution is 2.25. The molecule has 2 rings (SSSR count). The third kappa shape index (κ3) is 10.1. The average Bonchev–Trinajstić information content (AvgIpc) is 2.85. The molecule has 1 heterocycles. The molecule has 1 aromatic rings. The van der Waals surface area contributed by atoms with Crippen LogP contribution < -0.4 is 5.32 Å². The van der Waals surface area contributed by atoms with Gasteiger partial charge in [-0.3, -0.25) is 9.59 Å². The second-order valence-electron chi connectivity index (χ2n) is 8.16. The monoisotopic (exact) mass is 512 g/mol. The quantitative estimate of drug-likeness (QED) is 0.174. The van der Waals surface area contributed by atoms with Crippen molar-refractivity contribution >= 4 is 24.1 Å². The van der Waals surface area contributed by atoms with E-state index in [4.69, 9.17) is 9.47 Å². The number of hydrogen-bond acceptors (Lipinski definition) is 9. The van der Waals surface area contributed by atoms with Gasteiger partial charge >= 0.3 is 11.9 Å². The molecule has 0 aromatic heterocycles. The molecule has 1 aliphatic rings. The van der Waals surface area contributed by atoms with E-state index in [1.54, 1.807) is 38.1 Å². The number of ether oxygens (including phenoxy) is 2. The second kappa shape index (κ2) is 15.0. The molecule has 0 unspecified atom stereocenters. The number of nitrogens with zero attached hydrogens (tertiary/aromatic N) is 1. The van der Waals surface area contributed by atoms with Crippen LogP contribution in [0.2, 0.25) is 0 Å². The maximum atomic E-state index is 13.1. The third-order valence-corrected chi connectivity index (χ3v) is 5.24. The van der Waals surface area contributed by atoms with Crippen molar-refractivity contribution in [2.45, 2.75) is 51.4 Å². The zero-order valence-corrected chi connectivity index (χ0v) is 21.0. The predicted octanol–water partition coefficient (Wildman–Crippen LogP) is 2.87. The SMILES string of the molecule is CON=CC=CC(=O)NC=CC[C@@H]1CC(=O)O[C@@H](C)C=C[C@@H](O)C(C)=CCc2cccc(O)c2C(=O)O1. The first kappa shape index (κ1) is 29.1. The number of phenolic OH excluding ortho intramolecular Hbond substituents is 1. The Morgan fingerprint density at radius 1 is 1.27 bits per heavy atom. The molecule has 0 saturated heterocycles. The number of carbonyl (C=O) groups is 3. The van der Waals surface area contributed by atoms with E-state index in [-0.39, 0.29) is 30.6 Å². The molecular formula is C27H32N2O8. The van der Waals surface area contributed by atoms with E-state index in [9.17, 15) is 24.6 Å². The van der Waals surface area contributed by atoms with Crippen LogP contribution in [0.5, 0.6) is 5.75 Å². The van der Waals surface area contributed by atoms with Crippen molar-refractivity contribution in [3.63, 3.8) is 0 Å². The third-order valence-electron chi connectivity index (χ3n) is 5.24. The molecule has 0 radical (unpaired) electrons. The van der Waals surface area contributed by atoms with Crippen LogP contribution in [0.25, 0.3) is 0 Å². The van der Waals surface area contributed by atoms with Gasteiger partial charge in [-0.05, 0) is 49.6 Å². The smallest absolute Gasteiger partial charge is 0.342 e. The fraction of sp³-hybridized carbons (Fsp3) is 0.333. The van der Waals surface area contributed by atoms with E-state index >= 15 is 0 Å². The van der Waals surface area contributed by atoms with Crippen LogP contribution in [0.4, 0.5) is 0 Å². The van der Waals surface area contributed by atoms with Gasteiger partial charge in [-0.1, -0.05) is 35.5 Å². The molecule has 3 atom stereocenters. The van der Waals surface area contributed by atoms with Crippen molar-refractivity contribution in [1.82, 2.24) is 5.32 Å². The first-order valence-corrected chi connectivity index (χ1v) is 11.6. The number of hydrogen-bond donors (Lipinski definition) is 3. The molecule has 10 nitrogen and oxygen atoms in total. The van der Waals surface area contributed by atoms with Crippen molar-refractivity contribution in [2.75, 3.05) is 7.11 Å². The summed E-state index contributed by atoms with van der Waals surface area (Å²) in [4.78, 5) is 41.9. The number of nitrogens with one attached hydrogen (secondary N) is 1. The van der Waals surface area contributed by atoms with E-state index in [1.807, 2.05) is 0 Å². The zero-order chi connectivity index (χ0) is 27.2. The lowest BCUT2D eigenvalue weighted by atomic mass is 10.0. The number of carbonyl (C=O) groups excluding carboxylic acids is 3. The normalized spacial score (nSPS) is 21.6. The summed E-state index contributed by atoms with van der Waals surface area (Å²) in [6, 6.07) is 4.65. The summed E-state index contributed by atoms with van der Waals surface area (Å²) in [5, 5.41) is 26.7. The number of benzene rings is 1. The fourth-order valence-electron chi connectivity index (χ4n) is 3.30. The van der Waals surface area contributed by atoms with Crippen LogP contribution in [-0.4, -0.2) is 59.7 Å². The number of fused-ring (bicyclic) bond motifs is 1. The molecule has 198 valence electrons. The molecule has 0 saturated carbocycles. The van der Waals surface area contributed by atoms with Crippen molar-refractivity contribution < 1.29 is 38.9 Å². The van der Waals surface area contributed by atoms with Crippen molar-refractivity contribution in [2.24, 2.45) is 5.16 Å².